The first-order valence-electron chi connectivity index (χ1n) is 9.23. The van der Waals surface area contributed by atoms with Gasteiger partial charge >= 0.3 is 5.97 Å². The molecule has 0 spiro atoms. The van der Waals surface area contributed by atoms with Gasteiger partial charge < -0.3 is 24.7 Å². The summed E-state index contributed by atoms with van der Waals surface area (Å²) in [7, 11) is 1.66. The number of aliphatic hydroxyl groups excluding tert-OH is 1. The number of likely N-dealkylation sites (tertiary alicyclic amines) is 1. The Morgan fingerprint density at radius 1 is 1.48 bits per heavy atom. The summed E-state index contributed by atoms with van der Waals surface area (Å²) in [5.41, 5.74) is 0.904. The highest BCUT2D eigenvalue weighted by Crippen LogP contribution is 2.47. The van der Waals surface area contributed by atoms with Crippen LogP contribution in [-0.4, -0.2) is 88.2 Å². The number of nitrogens with one attached hydrogen (secondary N) is 1. The Morgan fingerprint density at radius 3 is 2.85 bits per heavy atom. The first-order chi connectivity index (χ1) is 12.9. The molecular formula is C18H27N3O5S. The molecule has 3 N–H and O–H groups in total. The summed E-state index contributed by atoms with van der Waals surface area (Å²) >= 11 is 1.65. The number of thioether (sulfide) groups is 1. The molecule has 0 saturated carbocycles. The zero-order valence-electron chi connectivity index (χ0n) is 15.7. The third kappa shape index (κ3) is 3.72. The lowest BCUT2D eigenvalue weighted by Gasteiger charge is -2.44. The summed E-state index contributed by atoms with van der Waals surface area (Å²) in [6.45, 7) is 3.58. The van der Waals surface area contributed by atoms with Gasteiger partial charge in [-0.05, 0) is 25.3 Å². The number of carboxylic acids is 1. The minimum absolute atomic E-state index is 0.0356. The van der Waals surface area contributed by atoms with Crippen molar-refractivity contribution in [2.24, 2.45) is 11.8 Å². The molecular weight excluding hydrogens is 370 g/mol. The lowest BCUT2D eigenvalue weighted by atomic mass is 9.82. The first-order valence-corrected chi connectivity index (χ1v) is 10.4. The van der Waals surface area contributed by atoms with Crippen LogP contribution < -0.4 is 0 Å². The SMILES string of the molecule is COCCSCC(=N)N1CC[C@@H](C2=C(C(=O)O)N3C(=O)[C@H]([C@@H](C)O)[C@H]3C2)C1. The van der Waals surface area contributed by atoms with Crippen LogP contribution in [0.15, 0.2) is 11.3 Å². The highest BCUT2D eigenvalue weighted by molar-refractivity contribution is 7.99. The molecule has 0 unspecified atom stereocenters. The number of carboxylic acid groups (broad SMARTS) is 1. The van der Waals surface area contributed by atoms with Gasteiger partial charge in [0.1, 0.15) is 11.5 Å². The number of fused-ring (bicyclic) bond motifs is 1. The van der Waals surface area contributed by atoms with Crippen LogP contribution >= 0.6 is 11.8 Å². The van der Waals surface area contributed by atoms with Gasteiger partial charge in [0.2, 0.25) is 5.91 Å². The van der Waals surface area contributed by atoms with Crippen LogP contribution in [0.5, 0.6) is 0 Å². The van der Waals surface area contributed by atoms with Gasteiger partial charge in [0.05, 0.1) is 30.4 Å². The molecule has 9 heteroatoms. The predicted octanol–water partition coefficient (Wildman–Crippen LogP) is 0.615. The fourth-order valence-electron chi connectivity index (χ4n) is 4.36. The van der Waals surface area contributed by atoms with Gasteiger partial charge in [0.15, 0.2) is 0 Å². The number of nitrogens with zero attached hydrogens (tertiary/aromatic N) is 2. The molecule has 4 atom stereocenters. The van der Waals surface area contributed by atoms with E-state index in [0.717, 1.165) is 24.3 Å². The van der Waals surface area contributed by atoms with Crippen LogP contribution in [0.2, 0.25) is 0 Å². The van der Waals surface area contributed by atoms with Crippen molar-refractivity contribution in [2.75, 3.05) is 38.3 Å². The molecule has 2 fully saturated rings. The number of aliphatic carboxylic acids is 1. The molecule has 3 heterocycles. The number of hydrogen-bond donors (Lipinski definition) is 3. The third-order valence-corrected chi connectivity index (χ3v) is 6.63. The molecule has 3 rings (SSSR count). The lowest BCUT2D eigenvalue weighted by Crippen LogP contribution is -2.61. The maximum absolute atomic E-state index is 12.3. The monoisotopic (exact) mass is 397 g/mol. The number of hydrogen-bond acceptors (Lipinski definition) is 6. The highest BCUT2D eigenvalue weighted by atomic mass is 32.2. The Bertz CT molecular complexity index is 665. The molecule has 0 bridgehead atoms. The summed E-state index contributed by atoms with van der Waals surface area (Å²) in [6.07, 6.45) is 0.522. The fraction of sp³-hybridized carbons (Fsp3) is 0.722. The van der Waals surface area contributed by atoms with E-state index in [2.05, 4.69) is 0 Å². The van der Waals surface area contributed by atoms with Crippen molar-refractivity contribution in [1.82, 2.24) is 9.80 Å². The molecule has 150 valence electrons. The number of ether oxygens (including phenoxy) is 1. The second kappa shape index (κ2) is 8.20. The third-order valence-electron chi connectivity index (χ3n) is 5.70. The minimum atomic E-state index is -1.08. The van der Waals surface area contributed by atoms with Crippen molar-refractivity contribution in [1.29, 1.82) is 5.41 Å². The van der Waals surface area contributed by atoms with E-state index in [1.165, 1.54) is 4.90 Å². The van der Waals surface area contributed by atoms with Crippen molar-refractivity contribution >= 4 is 29.5 Å². The van der Waals surface area contributed by atoms with Crippen LogP contribution in [0.25, 0.3) is 0 Å². The summed E-state index contributed by atoms with van der Waals surface area (Å²) in [4.78, 5) is 27.5. The van der Waals surface area contributed by atoms with Gasteiger partial charge in [-0.15, -0.1) is 0 Å². The smallest absolute Gasteiger partial charge is 0.352 e. The Balaban J connectivity index is 1.65. The van der Waals surface area contributed by atoms with Gasteiger partial charge in [-0.1, -0.05) is 0 Å². The summed E-state index contributed by atoms with van der Waals surface area (Å²) in [5, 5.41) is 27.8. The Kier molecular flexibility index (Phi) is 6.12. The zero-order valence-corrected chi connectivity index (χ0v) is 16.5. The van der Waals surface area contributed by atoms with E-state index in [1.54, 1.807) is 25.8 Å². The standard InChI is InChI=1S/C18H27N3O5S/c1-10(22)15-13-7-12(16(18(24)25)21(13)17(15)23)11-3-4-20(8-11)14(19)9-27-6-5-26-2/h10-11,13,15,19,22H,3-9H2,1-2H3,(H,24,25)/t10-,11-,13-,15-/m1/s1. The van der Waals surface area contributed by atoms with Gasteiger partial charge in [-0.2, -0.15) is 11.8 Å². The molecule has 0 aromatic heterocycles. The molecule has 3 aliphatic rings. The molecule has 2 saturated heterocycles. The van der Waals surface area contributed by atoms with E-state index < -0.39 is 18.0 Å². The van der Waals surface area contributed by atoms with E-state index in [1.807, 2.05) is 4.90 Å². The summed E-state index contributed by atoms with van der Waals surface area (Å²) in [5.74, 6) is 0.157. The van der Waals surface area contributed by atoms with Crippen LogP contribution in [0, 0.1) is 17.2 Å². The van der Waals surface area contributed by atoms with Crippen molar-refractivity contribution in [3.8, 4) is 0 Å². The summed E-state index contributed by atoms with van der Waals surface area (Å²) in [6, 6.07) is -0.239. The second-order valence-corrected chi connectivity index (χ2v) is 8.45. The van der Waals surface area contributed by atoms with Crippen LogP contribution in [0.3, 0.4) is 0 Å². The number of rotatable bonds is 8. The first kappa shape index (κ1) is 20.2. The van der Waals surface area contributed by atoms with E-state index in [-0.39, 0.29) is 23.6 Å². The van der Waals surface area contributed by atoms with Crippen LogP contribution in [-0.2, 0) is 14.3 Å². The average Bonchev–Trinajstić information content (AvgIpc) is 3.20. The topological polar surface area (TPSA) is 114 Å². The van der Waals surface area contributed by atoms with Gasteiger partial charge in [0.25, 0.3) is 0 Å². The number of amidine groups is 1. The van der Waals surface area contributed by atoms with Gasteiger partial charge in [-0.3, -0.25) is 10.2 Å². The molecule has 0 aliphatic carbocycles. The van der Waals surface area contributed by atoms with E-state index in [9.17, 15) is 19.8 Å². The second-order valence-electron chi connectivity index (χ2n) is 7.35. The highest BCUT2D eigenvalue weighted by Gasteiger charge is 2.57. The Hall–Kier alpha value is -1.58. The minimum Gasteiger partial charge on any atom is -0.477 e. The number of carbonyl (C=O) groups excluding carboxylic acids is 1. The average molecular weight is 397 g/mol. The van der Waals surface area contributed by atoms with Crippen LogP contribution in [0.4, 0.5) is 0 Å². The van der Waals surface area contributed by atoms with Crippen molar-refractivity contribution in [3.63, 3.8) is 0 Å². The largest absolute Gasteiger partial charge is 0.477 e. The normalized spacial score (nSPS) is 28.4. The maximum atomic E-state index is 12.3. The quantitative estimate of drug-likeness (QED) is 0.238. The lowest BCUT2D eigenvalue weighted by molar-refractivity contribution is -0.161. The summed E-state index contributed by atoms with van der Waals surface area (Å²) < 4.78 is 5.01. The molecule has 3 aliphatic heterocycles. The zero-order chi connectivity index (χ0) is 19.7. The predicted molar refractivity (Wildman–Crippen MR) is 102 cm³/mol. The van der Waals surface area contributed by atoms with Crippen molar-refractivity contribution in [2.45, 2.75) is 31.9 Å². The van der Waals surface area contributed by atoms with E-state index in [4.69, 9.17) is 10.1 Å². The number of amides is 1. The van der Waals surface area contributed by atoms with Gasteiger partial charge in [0, 0.05) is 31.9 Å². The van der Waals surface area contributed by atoms with Crippen molar-refractivity contribution < 1.29 is 24.5 Å². The number of carbonyl (C=O) groups is 2. The molecule has 0 aromatic rings. The Labute approximate surface area is 163 Å². The van der Waals surface area contributed by atoms with Crippen molar-refractivity contribution in [3.05, 3.63) is 11.3 Å². The molecule has 0 radical (unpaired) electrons. The molecule has 8 nitrogen and oxygen atoms in total. The maximum Gasteiger partial charge on any atom is 0.352 e. The number of aliphatic hydroxyl groups is 1. The van der Waals surface area contributed by atoms with E-state index in [0.29, 0.717) is 31.2 Å². The number of β-lactam (4-membered cyclic amide) rings is 1. The Morgan fingerprint density at radius 2 is 2.22 bits per heavy atom. The number of methoxy groups -OCH3 is 1. The molecule has 1 amide bonds. The van der Waals surface area contributed by atoms with E-state index >= 15 is 0 Å². The molecule has 27 heavy (non-hydrogen) atoms. The van der Waals surface area contributed by atoms with Crippen LogP contribution in [0.1, 0.15) is 19.8 Å². The van der Waals surface area contributed by atoms with Gasteiger partial charge in [-0.25, -0.2) is 4.79 Å². The molecule has 0 aromatic carbocycles. The fourth-order valence-corrected chi connectivity index (χ4v) is 5.16.